The Morgan fingerprint density at radius 2 is 2.00 bits per heavy atom. The number of hydrogen-bond acceptors (Lipinski definition) is 6. The standard InChI is InChI=1S/C21H24ClN5OS/c1-2-23-19(28)13-26-8-3-9-27(11-10-26)21-20-17(24-14-25-21)12-18(29-20)15-4-6-16(22)7-5-15/h4-7,12,14H,2-3,8-11,13H2,1H3,(H,23,28). The molecule has 0 spiro atoms. The van der Waals surface area contributed by atoms with Crippen LogP contribution in [0.25, 0.3) is 20.7 Å². The second kappa shape index (κ2) is 9.07. The molecule has 1 amide bonds. The number of benzene rings is 1. The third kappa shape index (κ3) is 4.69. The molecule has 2 aromatic heterocycles. The Morgan fingerprint density at radius 3 is 2.79 bits per heavy atom. The van der Waals surface area contributed by atoms with Crippen LogP contribution in [0.2, 0.25) is 5.02 Å². The lowest BCUT2D eigenvalue weighted by Gasteiger charge is -2.22. The molecule has 4 rings (SSSR count). The Morgan fingerprint density at radius 1 is 1.17 bits per heavy atom. The van der Waals surface area contributed by atoms with Crippen molar-refractivity contribution in [2.75, 3.05) is 44.2 Å². The molecule has 3 aromatic rings. The van der Waals surface area contributed by atoms with Gasteiger partial charge in [-0.25, -0.2) is 9.97 Å². The van der Waals surface area contributed by atoms with Crippen molar-refractivity contribution in [1.82, 2.24) is 20.2 Å². The number of carbonyl (C=O) groups is 1. The summed E-state index contributed by atoms with van der Waals surface area (Å²) in [6.45, 7) is 6.61. The molecule has 29 heavy (non-hydrogen) atoms. The first-order valence-electron chi connectivity index (χ1n) is 9.88. The molecular weight excluding hydrogens is 406 g/mol. The fraction of sp³-hybridized carbons (Fsp3) is 0.381. The number of rotatable bonds is 5. The largest absolute Gasteiger partial charge is 0.355 e. The van der Waals surface area contributed by atoms with E-state index in [-0.39, 0.29) is 5.91 Å². The van der Waals surface area contributed by atoms with E-state index in [2.05, 4.69) is 31.2 Å². The van der Waals surface area contributed by atoms with Crippen LogP contribution in [0.1, 0.15) is 13.3 Å². The summed E-state index contributed by atoms with van der Waals surface area (Å²) in [4.78, 5) is 26.7. The maximum Gasteiger partial charge on any atom is 0.234 e. The summed E-state index contributed by atoms with van der Waals surface area (Å²) >= 11 is 7.74. The van der Waals surface area contributed by atoms with E-state index in [1.807, 2.05) is 31.2 Å². The molecule has 1 fully saturated rings. The molecule has 1 aliphatic heterocycles. The Bertz CT molecular complexity index is 990. The fourth-order valence-electron chi connectivity index (χ4n) is 3.62. The number of nitrogens with one attached hydrogen (secondary N) is 1. The molecule has 1 saturated heterocycles. The van der Waals surface area contributed by atoms with Gasteiger partial charge < -0.3 is 10.2 Å². The molecule has 0 bridgehead atoms. The number of thiophene rings is 1. The molecule has 3 heterocycles. The third-order valence-electron chi connectivity index (χ3n) is 5.05. The maximum absolute atomic E-state index is 11.9. The molecular formula is C21H24ClN5OS. The van der Waals surface area contributed by atoms with Crippen molar-refractivity contribution in [1.29, 1.82) is 0 Å². The summed E-state index contributed by atoms with van der Waals surface area (Å²) in [7, 11) is 0. The van der Waals surface area contributed by atoms with Crippen molar-refractivity contribution in [3.8, 4) is 10.4 Å². The zero-order valence-corrected chi connectivity index (χ0v) is 18.0. The lowest BCUT2D eigenvalue weighted by molar-refractivity contribution is -0.122. The van der Waals surface area contributed by atoms with Crippen LogP contribution in [-0.2, 0) is 4.79 Å². The van der Waals surface area contributed by atoms with Gasteiger partial charge in [-0.3, -0.25) is 9.69 Å². The maximum atomic E-state index is 11.9. The highest BCUT2D eigenvalue weighted by molar-refractivity contribution is 7.22. The lowest BCUT2D eigenvalue weighted by atomic mass is 10.2. The molecule has 8 heteroatoms. The van der Waals surface area contributed by atoms with E-state index in [0.29, 0.717) is 13.1 Å². The van der Waals surface area contributed by atoms with E-state index in [1.165, 1.54) is 0 Å². The molecule has 0 unspecified atom stereocenters. The molecule has 0 saturated carbocycles. The molecule has 0 radical (unpaired) electrons. The summed E-state index contributed by atoms with van der Waals surface area (Å²) in [5.74, 6) is 1.08. The highest BCUT2D eigenvalue weighted by atomic mass is 35.5. The second-order valence-corrected chi connectivity index (χ2v) is 8.59. The molecule has 0 aliphatic carbocycles. The average Bonchev–Trinajstić information content (AvgIpc) is 3.02. The Balaban J connectivity index is 1.54. The van der Waals surface area contributed by atoms with Crippen molar-refractivity contribution in [2.45, 2.75) is 13.3 Å². The smallest absolute Gasteiger partial charge is 0.234 e. The molecule has 1 aliphatic rings. The summed E-state index contributed by atoms with van der Waals surface area (Å²) in [5, 5.41) is 3.61. The monoisotopic (exact) mass is 429 g/mol. The number of fused-ring (bicyclic) bond motifs is 1. The first-order chi connectivity index (χ1) is 14.1. The molecule has 152 valence electrons. The number of hydrogen-bond donors (Lipinski definition) is 1. The Kier molecular flexibility index (Phi) is 6.28. The van der Waals surface area contributed by atoms with Gasteiger partial charge in [-0.2, -0.15) is 0 Å². The van der Waals surface area contributed by atoms with Crippen LogP contribution in [0, 0.1) is 0 Å². The van der Waals surface area contributed by atoms with Gasteiger partial charge in [0.05, 0.1) is 16.8 Å². The van der Waals surface area contributed by atoms with Gasteiger partial charge in [0.25, 0.3) is 0 Å². The van der Waals surface area contributed by atoms with E-state index in [9.17, 15) is 4.79 Å². The van der Waals surface area contributed by atoms with E-state index in [1.54, 1.807) is 17.7 Å². The fourth-order valence-corrected chi connectivity index (χ4v) is 4.88. The van der Waals surface area contributed by atoms with Crippen molar-refractivity contribution in [2.24, 2.45) is 0 Å². The average molecular weight is 430 g/mol. The predicted octanol–water partition coefficient (Wildman–Crippen LogP) is 3.66. The van der Waals surface area contributed by atoms with Gasteiger partial charge >= 0.3 is 0 Å². The van der Waals surface area contributed by atoms with Gasteiger partial charge in [-0.15, -0.1) is 11.3 Å². The quantitative estimate of drug-likeness (QED) is 0.670. The molecule has 1 N–H and O–H groups in total. The van der Waals surface area contributed by atoms with Crippen molar-refractivity contribution in [3.05, 3.63) is 41.7 Å². The van der Waals surface area contributed by atoms with Gasteiger partial charge in [-0.05, 0) is 37.1 Å². The molecule has 6 nitrogen and oxygen atoms in total. The van der Waals surface area contributed by atoms with E-state index in [0.717, 1.165) is 64.1 Å². The third-order valence-corrected chi connectivity index (χ3v) is 6.47. The summed E-state index contributed by atoms with van der Waals surface area (Å²) in [5.41, 5.74) is 2.10. The first-order valence-corrected chi connectivity index (χ1v) is 11.1. The predicted molar refractivity (Wildman–Crippen MR) is 120 cm³/mol. The minimum atomic E-state index is 0.0937. The van der Waals surface area contributed by atoms with Gasteiger partial charge in [-0.1, -0.05) is 23.7 Å². The number of halogens is 1. The number of carbonyl (C=O) groups excluding carboxylic acids is 1. The van der Waals surface area contributed by atoms with E-state index >= 15 is 0 Å². The number of anilines is 1. The minimum absolute atomic E-state index is 0.0937. The van der Waals surface area contributed by atoms with E-state index in [4.69, 9.17) is 11.6 Å². The van der Waals surface area contributed by atoms with Crippen molar-refractivity contribution >= 4 is 44.9 Å². The number of likely N-dealkylation sites (N-methyl/N-ethyl adjacent to an activating group) is 1. The highest BCUT2D eigenvalue weighted by Gasteiger charge is 2.20. The lowest BCUT2D eigenvalue weighted by Crippen LogP contribution is -2.39. The van der Waals surface area contributed by atoms with Crippen LogP contribution in [-0.4, -0.2) is 60.0 Å². The minimum Gasteiger partial charge on any atom is -0.355 e. The molecule has 0 atom stereocenters. The highest BCUT2D eigenvalue weighted by Crippen LogP contribution is 2.37. The Hall–Kier alpha value is -2.22. The summed E-state index contributed by atoms with van der Waals surface area (Å²) < 4.78 is 1.11. The number of amides is 1. The summed E-state index contributed by atoms with van der Waals surface area (Å²) in [6.07, 6.45) is 2.65. The van der Waals surface area contributed by atoms with Crippen LogP contribution >= 0.6 is 22.9 Å². The number of nitrogens with zero attached hydrogens (tertiary/aromatic N) is 4. The zero-order chi connectivity index (χ0) is 20.2. The van der Waals surface area contributed by atoms with Gasteiger partial charge in [0, 0.05) is 42.6 Å². The second-order valence-electron chi connectivity index (χ2n) is 7.10. The van der Waals surface area contributed by atoms with Crippen LogP contribution in [0.3, 0.4) is 0 Å². The van der Waals surface area contributed by atoms with Gasteiger partial charge in [0.2, 0.25) is 5.91 Å². The van der Waals surface area contributed by atoms with Crippen LogP contribution in [0.4, 0.5) is 5.82 Å². The Labute approximate surface area is 179 Å². The first kappa shape index (κ1) is 20.1. The SMILES string of the molecule is CCNC(=O)CN1CCCN(c2ncnc3cc(-c4ccc(Cl)cc4)sc23)CC1. The van der Waals surface area contributed by atoms with Crippen LogP contribution in [0.5, 0.6) is 0 Å². The zero-order valence-electron chi connectivity index (χ0n) is 16.4. The van der Waals surface area contributed by atoms with Crippen LogP contribution in [0.15, 0.2) is 36.7 Å². The van der Waals surface area contributed by atoms with Gasteiger partial charge in [0.15, 0.2) is 0 Å². The van der Waals surface area contributed by atoms with Crippen LogP contribution < -0.4 is 10.2 Å². The van der Waals surface area contributed by atoms with Gasteiger partial charge in [0.1, 0.15) is 12.1 Å². The van der Waals surface area contributed by atoms with Crippen molar-refractivity contribution < 1.29 is 4.79 Å². The normalized spacial score (nSPS) is 15.4. The van der Waals surface area contributed by atoms with Crippen molar-refractivity contribution in [3.63, 3.8) is 0 Å². The number of aromatic nitrogens is 2. The summed E-state index contributed by atoms with van der Waals surface area (Å²) in [6, 6.07) is 10.0. The van der Waals surface area contributed by atoms with E-state index < -0.39 is 0 Å². The molecule has 1 aromatic carbocycles. The topological polar surface area (TPSA) is 61.4 Å².